The van der Waals surface area contributed by atoms with E-state index in [2.05, 4.69) is 0 Å². The maximum absolute atomic E-state index is 13.1. The van der Waals surface area contributed by atoms with Crippen molar-refractivity contribution in [3.63, 3.8) is 0 Å². The van der Waals surface area contributed by atoms with E-state index < -0.39 is 11.6 Å². The molecule has 100 valence electrons. The Kier molecular flexibility index (Phi) is 4.33. The van der Waals surface area contributed by atoms with Crippen molar-refractivity contribution in [2.75, 3.05) is 6.54 Å². The van der Waals surface area contributed by atoms with E-state index in [1.54, 1.807) is 6.07 Å². The van der Waals surface area contributed by atoms with Crippen LogP contribution in [0.2, 0.25) is 0 Å². The first-order chi connectivity index (χ1) is 8.65. The van der Waals surface area contributed by atoms with Crippen LogP contribution in [-0.2, 0) is 6.42 Å². The zero-order valence-corrected chi connectivity index (χ0v) is 10.7. The summed E-state index contributed by atoms with van der Waals surface area (Å²) in [4.78, 5) is 0. The van der Waals surface area contributed by atoms with Gasteiger partial charge < -0.3 is 5.73 Å². The topological polar surface area (TPSA) is 26.0 Å². The lowest BCUT2D eigenvalue weighted by atomic mass is 9.77. The Morgan fingerprint density at radius 2 is 1.78 bits per heavy atom. The lowest BCUT2D eigenvalue weighted by Gasteiger charge is -2.28. The van der Waals surface area contributed by atoms with Crippen LogP contribution in [0.1, 0.15) is 44.1 Å². The van der Waals surface area contributed by atoms with Crippen molar-refractivity contribution in [2.45, 2.75) is 44.9 Å². The van der Waals surface area contributed by atoms with Crippen LogP contribution in [-0.4, -0.2) is 6.54 Å². The summed E-state index contributed by atoms with van der Waals surface area (Å²) in [7, 11) is 0. The van der Waals surface area contributed by atoms with Gasteiger partial charge in [0.25, 0.3) is 0 Å². The predicted molar refractivity (Wildman–Crippen MR) is 69.3 cm³/mol. The molecule has 1 nitrogen and oxygen atoms in total. The number of halogens is 2. The van der Waals surface area contributed by atoms with Crippen molar-refractivity contribution in [3.8, 4) is 0 Å². The highest BCUT2D eigenvalue weighted by molar-refractivity contribution is 5.18. The Balaban J connectivity index is 1.98. The van der Waals surface area contributed by atoms with Crippen molar-refractivity contribution in [3.05, 3.63) is 35.4 Å². The van der Waals surface area contributed by atoms with Crippen LogP contribution in [0.15, 0.2) is 18.2 Å². The van der Waals surface area contributed by atoms with Crippen molar-refractivity contribution in [1.29, 1.82) is 0 Å². The van der Waals surface area contributed by atoms with Gasteiger partial charge in [0, 0.05) is 0 Å². The molecule has 0 unspecified atom stereocenters. The summed E-state index contributed by atoms with van der Waals surface area (Å²) in [6.45, 7) is 0.720. The van der Waals surface area contributed by atoms with E-state index in [4.69, 9.17) is 5.73 Å². The fraction of sp³-hybridized carbons (Fsp3) is 0.600. The maximum atomic E-state index is 13.1. The summed E-state index contributed by atoms with van der Waals surface area (Å²) in [6, 6.07) is 4.22. The molecular formula is C15H21F2N. The highest BCUT2D eigenvalue weighted by Crippen LogP contribution is 2.44. The summed E-state index contributed by atoms with van der Waals surface area (Å²) >= 11 is 0. The van der Waals surface area contributed by atoms with Gasteiger partial charge in [-0.3, -0.25) is 0 Å². The Morgan fingerprint density at radius 3 is 2.39 bits per heavy atom. The molecule has 0 aliphatic heterocycles. The minimum atomic E-state index is -0.767. The van der Waals surface area contributed by atoms with Crippen LogP contribution in [0, 0.1) is 17.0 Å². The van der Waals surface area contributed by atoms with Gasteiger partial charge in [0.2, 0.25) is 0 Å². The molecular weight excluding hydrogens is 232 g/mol. The van der Waals surface area contributed by atoms with E-state index in [0.717, 1.165) is 31.4 Å². The van der Waals surface area contributed by atoms with E-state index in [-0.39, 0.29) is 0 Å². The summed E-state index contributed by atoms with van der Waals surface area (Å²) in [6.07, 6.45) is 7.92. The van der Waals surface area contributed by atoms with E-state index in [9.17, 15) is 8.78 Å². The highest BCUT2D eigenvalue weighted by Gasteiger charge is 2.32. The molecule has 0 heterocycles. The molecule has 0 bridgehead atoms. The lowest BCUT2D eigenvalue weighted by Crippen LogP contribution is -2.21. The van der Waals surface area contributed by atoms with Crippen molar-refractivity contribution in [1.82, 2.24) is 0 Å². The van der Waals surface area contributed by atoms with Gasteiger partial charge in [-0.15, -0.1) is 0 Å². The Labute approximate surface area is 107 Å². The molecule has 0 aromatic heterocycles. The van der Waals surface area contributed by atoms with Crippen molar-refractivity contribution < 1.29 is 8.78 Å². The molecule has 1 aromatic carbocycles. The molecule has 18 heavy (non-hydrogen) atoms. The molecule has 1 aliphatic rings. The third-order valence-corrected chi connectivity index (χ3v) is 4.27. The molecule has 0 radical (unpaired) electrons. The zero-order valence-electron chi connectivity index (χ0n) is 10.7. The molecule has 1 fully saturated rings. The molecule has 3 heteroatoms. The standard InChI is InChI=1S/C15H21F2N/c16-13-4-3-12(11-14(13)17)5-8-15(9-10-18)6-1-2-7-15/h3-4,11H,1-2,5-10,18H2. The number of rotatable bonds is 5. The second kappa shape index (κ2) is 5.79. The van der Waals surface area contributed by atoms with Crippen LogP contribution < -0.4 is 5.73 Å². The Hall–Kier alpha value is -0.960. The monoisotopic (exact) mass is 253 g/mol. The third-order valence-electron chi connectivity index (χ3n) is 4.27. The van der Waals surface area contributed by atoms with Crippen LogP contribution >= 0.6 is 0 Å². The van der Waals surface area contributed by atoms with Crippen molar-refractivity contribution >= 4 is 0 Å². The van der Waals surface area contributed by atoms with Gasteiger partial charge in [-0.1, -0.05) is 18.9 Å². The average Bonchev–Trinajstić information content (AvgIpc) is 2.80. The third kappa shape index (κ3) is 3.08. The van der Waals surface area contributed by atoms with E-state index in [0.29, 0.717) is 5.41 Å². The van der Waals surface area contributed by atoms with E-state index in [1.807, 2.05) is 0 Å². The molecule has 0 atom stereocenters. The van der Waals surface area contributed by atoms with Crippen LogP contribution in [0.4, 0.5) is 8.78 Å². The molecule has 1 aliphatic carbocycles. The molecule has 0 amide bonds. The number of hydrogen-bond acceptors (Lipinski definition) is 1. The minimum absolute atomic E-state index is 0.347. The SMILES string of the molecule is NCCC1(CCc2ccc(F)c(F)c2)CCCC1. The zero-order chi connectivity index (χ0) is 13.0. The van der Waals surface area contributed by atoms with Gasteiger partial charge in [0.05, 0.1) is 0 Å². The van der Waals surface area contributed by atoms with Gasteiger partial charge in [-0.2, -0.15) is 0 Å². The van der Waals surface area contributed by atoms with Crippen LogP contribution in [0.25, 0.3) is 0 Å². The number of nitrogens with two attached hydrogens (primary N) is 1. The first-order valence-corrected chi connectivity index (χ1v) is 6.79. The van der Waals surface area contributed by atoms with Gasteiger partial charge >= 0.3 is 0 Å². The van der Waals surface area contributed by atoms with Gasteiger partial charge in [0.15, 0.2) is 11.6 Å². The highest BCUT2D eigenvalue weighted by atomic mass is 19.2. The fourth-order valence-corrected chi connectivity index (χ4v) is 3.16. The van der Waals surface area contributed by atoms with Gasteiger partial charge in [-0.05, 0) is 61.8 Å². The van der Waals surface area contributed by atoms with Crippen LogP contribution in [0.5, 0.6) is 0 Å². The average molecular weight is 253 g/mol. The number of benzene rings is 1. The molecule has 2 N–H and O–H groups in total. The number of aryl methyl sites for hydroxylation is 1. The number of hydrogen-bond donors (Lipinski definition) is 1. The minimum Gasteiger partial charge on any atom is -0.330 e. The predicted octanol–water partition coefficient (Wildman–Crippen LogP) is 3.81. The first-order valence-electron chi connectivity index (χ1n) is 6.79. The summed E-state index contributed by atoms with van der Waals surface area (Å²) in [5, 5.41) is 0. The molecule has 1 saturated carbocycles. The molecule has 0 spiro atoms. The maximum Gasteiger partial charge on any atom is 0.159 e. The smallest absolute Gasteiger partial charge is 0.159 e. The lowest BCUT2D eigenvalue weighted by molar-refractivity contribution is 0.253. The molecule has 0 saturated heterocycles. The van der Waals surface area contributed by atoms with Gasteiger partial charge in [0.1, 0.15) is 0 Å². The largest absolute Gasteiger partial charge is 0.330 e. The van der Waals surface area contributed by atoms with Gasteiger partial charge in [-0.25, -0.2) is 8.78 Å². The van der Waals surface area contributed by atoms with E-state index >= 15 is 0 Å². The van der Waals surface area contributed by atoms with E-state index in [1.165, 1.54) is 37.8 Å². The first kappa shape index (κ1) is 13.5. The Morgan fingerprint density at radius 1 is 1.06 bits per heavy atom. The molecule has 1 aromatic rings. The second-order valence-electron chi connectivity index (χ2n) is 5.49. The Bertz CT molecular complexity index is 397. The fourth-order valence-electron chi connectivity index (χ4n) is 3.16. The summed E-state index contributed by atoms with van der Waals surface area (Å²) < 4.78 is 26.0. The van der Waals surface area contributed by atoms with Crippen molar-refractivity contribution in [2.24, 2.45) is 11.1 Å². The summed E-state index contributed by atoms with van der Waals surface area (Å²) in [5.74, 6) is -1.51. The normalized spacial score (nSPS) is 18.2. The quantitative estimate of drug-likeness (QED) is 0.848. The summed E-state index contributed by atoms with van der Waals surface area (Å²) in [5.41, 5.74) is 6.93. The second-order valence-corrected chi connectivity index (χ2v) is 5.49. The van der Waals surface area contributed by atoms with Crippen LogP contribution in [0.3, 0.4) is 0 Å². The molecule has 2 rings (SSSR count).